The number of fused-ring (bicyclic) bond motifs is 3. The maximum atomic E-state index is 12.5. The second kappa shape index (κ2) is 7.67. The van der Waals surface area contributed by atoms with Crippen molar-refractivity contribution in [2.75, 3.05) is 6.61 Å². The molecule has 192 valence electrons. The van der Waals surface area contributed by atoms with Crippen LogP contribution in [0.4, 0.5) is 0 Å². The van der Waals surface area contributed by atoms with Crippen LogP contribution in [-0.2, 0) is 22.4 Å². The highest BCUT2D eigenvalue weighted by Crippen LogP contribution is 2.53. The number of rotatable bonds is 4. The van der Waals surface area contributed by atoms with Gasteiger partial charge in [-0.3, -0.25) is 0 Å². The van der Waals surface area contributed by atoms with Crippen molar-refractivity contribution in [3.05, 3.63) is 33.7 Å². The largest absolute Gasteiger partial charge is 0.504 e. The van der Waals surface area contributed by atoms with Gasteiger partial charge in [0.25, 0.3) is 0 Å². The molecule has 0 bridgehead atoms. The van der Waals surface area contributed by atoms with Gasteiger partial charge in [0.15, 0.2) is 17.1 Å². The minimum Gasteiger partial charge on any atom is -0.504 e. The molecule has 1 aromatic heterocycles. The number of carboxylic acids is 1. The van der Waals surface area contributed by atoms with Gasteiger partial charge in [-0.2, -0.15) is 0 Å². The van der Waals surface area contributed by atoms with Crippen LogP contribution in [0.1, 0.15) is 58.6 Å². The van der Waals surface area contributed by atoms with E-state index in [-0.39, 0.29) is 17.1 Å². The zero-order valence-corrected chi connectivity index (χ0v) is 20.5. The molecule has 4 rings (SSSR count). The maximum absolute atomic E-state index is 12.5. The summed E-state index contributed by atoms with van der Waals surface area (Å²) in [5.74, 6) is -1.89. The number of aliphatic hydroxyl groups is 3. The summed E-state index contributed by atoms with van der Waals surface area (Å²) in [5, 5.41) is 54.6. The number of hydrogen-bond acceptors (Lipinski definition) is 9. The van der Waals surface area contributed by atoms with Gasteiger partial charge in [-0.1, -0.05) is 0 Å². The monoisotopic (exact) mass is 492 g/mol. The van der Waals surface area contributed by atoms with E-state index in [2.05, 4.69) is 0 Å². The molecule has 0 saturated carbocycles. The van der Waals surface area contributed by atoms with Crippen molar-refractivity contribution in [3.63, 3.8) is 0 Å². The molecule has 5 N–H and O–H groups in total. The Morgan fingerprint density at radius 1 is 0.971 bits per heavy atom. The smallest absolute Gasteiger partial charge is 0.339 e. The summed E-state index contributed by atoms with van der Waals surface area (Å²) in [6, 6.07) is 2.80. The average molecular weight is 493 g/mol. The van der Waals surface area contributed by atoms with E-state index in [9.17, 15) is 35.1 Å². The topological polar surface area (TPSA) is 167 Å². The maximum Gasteiger partial charge on any atom is 0.339 e. The number of carboxylic acid groups (broad SMARTS) is 1. The number of ether oxygens (including phenoxy) is 2. The van der Waals surface area contributed by atoms with Crippen molar-refractivity contribution in [2.45, 2.75) is 88.3 Å². The van der Waals surface area contributed by atoms with Crippen LogP contribution in [0.3, 0.4) is 0 Å². The fourth-order valence-corrected chi connectivity index (χ4v) is 5.31. The minimum absolute atomic E-state index is 0.0916. The molecule has 0 spiro atoms. The van der Waals surface area contributed by atoms with Crippen LogP contribution in [-0.4, -0.2) is 66.1 Å². The van der Waals surface area contributed by atoms with Gasteiger partial charge in [-0.05, 0) is 71.9 Å². The summed E-state index contributed by atoms with van der Waals surface area (Å²) in [6.07, 6.45) is 3.11. The number of aliphatic carboxylic acids is 1. The highest BCUT2D eigenvalue weighted by atomic mass is 16.6. The molecule has 0 amide bonds. The lowest BCUT2D eigenvalue weighted by Gasteiger charge is -2.64. The number of carbonyl (C=O) groups is 1. The molecule has 1 aliphatic heterocycles. The SMILES string of the molecule is CC1(COc2cc3oc(=O)c4c(c3cc2O)CCCC4)OC(C)(C(=O)O)C(C)(O)C(C)(O)C1(C)O. The molecule has 10 nitrogen and oxygen atoms in total. The second-order valence-electron chi connectivity index (χ2n) is 10.5. The lowest BCUT2D eigenvalue weighted by molar-refractivity contribution is -0.393. The molecule has 1 saturated heterocycles. The third kappa shape index (κ3) is 3.31. The van der Waals surface area contributed by atoms with Crippen LogP contribution in [0.15, 0.2) is 21.3 Å². The number of aromatic hydroxyl groups is 1. The molecule has 1 fully saturated rings. The van der Waals surface area contributed by atoms with Gasteiger partial charge < -0.3 is 39.4 Å². The van der Waals surface area contributed by atoms with Crippen LogP contribution in [0, 0.1) is 0 Å². The Bertz CT molecular complexity index is 1260. The van der Waals surface area contributed by atoms with Crippen LogP contribution in [0.25, 0.3) is 11.0 Å². The van der Waals surface area contributed by atoms with E-state index in [1.807, 2.05) is 0 Å². The fraction of sp³-hybridized carbons (Fsp3) is 0.600. The van der Waals surface area contributed by atoms with E-state index < -0.39 is 46.2 Å². The standard InChI is InChI=1S/C25H32O10/c1-21(23(3,30)25(5,32)24(4,31)22(2,35-21)20(28)29)12-33-18-11-17-15(10-16(18)26)13-8-6-7-9-14(13)19(27)34-17/h10-11,26,30-32H,6-9,12H2,1-5H3,(H,28,29). The molecular formula is C25H32O10. The molecule has 2 aliphatic rings. The van der Waals surface area contributed by atoms with Gasteiger partial charge in [0.05, 0.1) is 0 Å². The molecule has 2 heterocycles. The molecular weight excluding hydrogens is 460 g/mol. The molecule has 5 atom stereocenters. The van der Waals surface area contributed by atoms with Crippen LogP contribution in [0.5, 0.6) is 11.5 Å². The van der Waals surface area contributed by atoms with Gasteiger partial charge in [-0.15, -0.1) is 0 Å². The first-order valence-corrected chi connectivity index (χ1v) is 11.6. The third-order valence-electron chi connectivity index (χ3n) is 8.50. The molecule has 1 aromatic carbocycles. The second-order valence-corrected chi connectivity index (χ2v) is 10.5. The predicted octanol–water partition coefficient (Wildman–Crippen LogP) is 1.64. The van der Waals surface area contributed by atoms with E-state index in [0.717, 1.165) is 39.2 Å². The quantitative estimate of drug-likeness (QED) is 0.396. The highest BCUT2D eigenvalue weighted by molar-refractivity contribution is 5.85. The van der Waals surface area contributed by atoms with E-state index in [1.54, 1.807) is 0 Å². The number of benzene rings is 1. The number of phenolic OH excluding ortho intramolecular Hbond substituents is 1. The molecule has 1 aliphatic carbocycles. The van der Waals surface area contributed by atoms with Crippen molar-refractivity contribution < 1.29 is 44.2 Å². The zero-order chi connectivity index (χ0) is 26.2. The summed E-state index contributed by atoms with van der Waals surface area (Å²) < 4.78 is 17.0. The lowest BCUT2D eigenvalue weighted by Crippen LogP contribution is -2.85. The van der Waals surface area contributed by atoms with Crippen LogP contribution < -0.4 is 10.4 Å². The Hall–Kier alpha value is -2.66. The Morgan fingerprint density at radius 3 is 2.17 bits per heavy atom. The Labute approximate surface area is 201 Å². The van der Waals surface area contributed by atoms with E-state index >= 15 is 0 Å². The lowest BCUT2D eigenvalue weighted by atomic mass is 9.58. The number of hydrogen-bond donors (Lipinski definition) is 5. The van der Waals surface area contributed by atoms with Crippen LogP contribution in [0.2, 0.25) is 0 Å². The molecule has 0 radical (unpaired) electrons. The third-order valence-corrected chi connectivity index (χ3v) is 8.50. The van der Waals surface area contributed by atoms with E-state index in [0.29, 0.717) is 23.8 Å². The Balaban J connectivity index is 1.74. The van der Waals surface area contributed by atoms with Crippen molar-refractivity contribution >= 4 is 16.9 Å². The normalized spacial score (nSPS) is 37.1. The molecule has 2 aromatic rings. The van der Waals surface area contributed by atoms with E-state index in [4.69, 9.17) is 13.9 Å². The van der Waals surface area contributed by atoms with Crippen molar-refractivity contribution in [1.29, 1.82) is 0 Å². The number of aryl methyl sites for hydroxylation is 1. The van der Waals surface area contributed by atoms with E-state index in [1.165, 1.54) is 26.0 Å². The average Bonchev–Trinajstić information content (AvgIpc) is 2.77. The first-order chi connectivity index (χ1) is 16.0. The Kier molecular flexibility index (Phi) is 5.57. The van der Waals surface area contributed by atoms with Crippen molar-refractivity contribution in [1.82, 2.24) is 0 Å². The van der Waals surface area contributed by atoms with Crippen molar-refractivity contribution in [3.8, 4) is 11.5 Å². The summed E-state index contributed by atoms with van der Waals surface area (Å²) in [7, 11) is 0. The Morgan fingerprint density at radius 2 is 1.57 bits per heavy atom. The molecule has 5 unspecified atom stereocenters. The van der Waals surface area contributed by atoms with Crippen LogP contribution >= 0.6 is 0 Å². The van der Waals surface area contributed by atoms with Gasteiger partial charge in [0, 0.05) is 17.0 Å². The van der Waals surface area contributed by atoms with Gasteiger partial charge >= 0.3 is 11.6 Å². The highest BCUT2D eigenvalue weighted by Gasteiger charge is 2.76. The van der Waals surface area contributed by atoms with Gasteiger partial charge in [0.2, 0.25) is 0 Å². The first kappa shape index (κ1) is 25.4. The number of phenols is 1. The first-order valence-electron chi connectivity index (χ1n) is 11.6. The van der Waals surface area contributed by atoms with Gasteiger partial charge in [0.1, 0.15) is 34.6 Å². The fourth-order valence-electron chi connectivity index (χ4n) is 5.31. The predicted molar refractivity (Wildman–Crippen MR) is 124 cm³/mol. The molecule has 35 heavy (non-hydrogen) atoms. The van der Waals surface area contributed by atoms with Crippen molar-refractivity contribution in [2.24, 2.45) is 0 Å². The summed E-state index contributed by atoms with van der Waals surface area (Å²) in [6.45, 7) is 5.32. The summed E-state index contributed by atoms with van der Waals surface area (Å²) >= 11 is 0. The minimum atomic E-state index is -2.40. The molecule has 10 heteroatoms. The zero-order valence-electron chi connectivity index (χ0n) is 20.5. The summed E-state index contributed by atoms with van der Waals surface area (Å²) in [5.41, 5.74) is -9.94. The summed E-state index contributed by atoms with van der Waals surface area (Å²) in [4.78, 5) is 24.6. The van der Waals surface area contributed by atoms with Gasteiger partial charge in [-0.25, -0.2) is 9.59 Å².